The predicted octanol–water partition coefficient (Wildman–Crippen LogP) is 13.4. The maximum absolute atomic E-state index is 2.51. The van der Waals surface area contributed by atoms with Crippen molar-refractivity contribution >= 4 is 49.6 Å². The lowest BCUT2D eigenvalue weighted by molar-refractivity contribution is 0.660. The lowest BCUT2D eigenvalue weighted by Crippen LogP contribution is -2.17. The quantitative estimate of drug-likeness (QED) is 0.180. The fraction of sp³-hybridized carbons (Fsp3) is 0.0612. The van der Waals surface area contributed by atoms with Crippen LogP contribution in [0, 0.1) is 0 Å². The number of aromatic nitrogens is 1. The van der Waals surface area contributed by atoms with Crippen molar-refractivity contribution in [2.24, 2.45) is 0 Å². The summed E-state index contributed by atoms with van der Waals surface area (Å²) in [6.07, 6.45) is 0. The van der Waals surface area contributed by atoms with Crippen LogP contribution in [-0.2, 0) is 5.41 Å². The molecule has 0 radical (unpaired) electrons. The molecule has 2 heteroatoms. The van der Waals surface area contributed by atoms with Gasteiger partial charge in [0.2, 0.25) is 0 Å². The Hall–Kier alpha value is -6.38. The molecule has 1 aliphatic carbocycles. The van der Waals surface area contributed by atoms with Crippen LogP contribution in [0.1, 0.15) is 25.0 Å². The highest BCUT2D eigenvalue weighted by molar-refractivity contribution is 6.19. The molecule has 0 N–H and O–H groups in total. The summed E-state index contributed by atoms with van der Waals surface area (Å²) < 4.78 is 2.43. The minimum absolute atomic E-state index is 0.124. The maximum Gasteiger partial charge on any atom is 0.0562 e. The van der Waals surface area contributed by atoms with Gasteiger partial charge in [-0.15, -0.1) is 0 Å². The summed E-state index contributed by atoms with van der Waals surface area (Å²) in [5.41, 5.74) is 14.6. The molecule has 0 atom stereocenters. The Morgan fingerprint density at radius 3 is 1.88 bits per heavy atom. The molecule has 0 amide bonds. The maximum atomic E-state index is 2.51. The van der Waals surface area contributed by atoms with Gasteiger partial charge in [-0.05, 0) is 93.2 Å². The Morgan fingerprint density at radius 1 is 0.451 bits per heavy atom. The van der Waals surface area contributed by atoms with Gasteiger partial charge in [0.1, 0.15) is 0 Å². The molecule has 242 valence electrons. The minimum Gasteiger partial charge on any atom is -0.309 e. The molecular weight excluding hydrogens is 617 g/mol. The van der Waals surface area contributed by atoms with E-state index in [4.69, 9.17) is 0 Å². The highest BCUT2D eigenvalue weighted by Gasteiger charge is 2.36. The van der Waals surface area contributed by atoms with Crippen molar-refractivity contribution in [2.45, 2.75) is 19.3 Å². The van der Waals surface area contributed by atoms with E-state index >= 15 is 0 Å². The second-order valence-corrected chi connectivity index (χ2v) is 14.2. The van der Waals surface area contributed by atoms with E-state index in [1.807, 2.05) is 0 Å². The molecular formula is C49H36N2. The highest BCUT2D eigenvalue weighted by Crippen LogP contribution is 2.52. The Balaban J connectivity index is 1.32. The standard InChI is InChI=1S/C49H36N2/c1-49(2)42-24-13-11-23-39(42)40-29-28-37(32-43(40)49)51(44-25-14-12-22-38(44)33-16-5-3-6-17-33)46-27-15-26-45-48(46)41-30-34-18-9-10-19-35(34)31-47(41)50(45)36-20-7-4-8-21-36/h3-32H,1-2H3. The number of hydrogen-bond donors (Lipinski definition) is 0. The molecule has 0 spiro atoms. The summed E-state index contributed by atoms with van der Waals surface area (Å²) in [4.78, 5) is 2.51. The van der Waals surface area contributed by atoms with Gasteiger partial charge in [0.25, 0.3) is 0 Å². The molecule has 51 heavy (non-hydrogen) atoms. The van der Waals surface area contributed by atoms with Crippen molar-refractivity contribution in [3.8, 4) is 27.9 Å². The number of para-hydroxylation sites is 2. The Bertz CT molecular complexity index is 2770. The first-order valence-electron chi connectivity index (χ1n) is 17.8. The molecule has 0 saturated carbocycles. The van der Waals surface area contributed by atoms with E-state index in [1.54, 1.807) is 0 Å². The zero-order valence-corrected chi connectivity index (χ0v) is 28.7. The molecule has 0 bridgehead atoms. The van der Waals surface area contributed by atoms with Crippen LogP contribution in [-0.4, -0.2) is 4.57 Å². The molecule has 9 aromatic rings. The molecule has 0 fully saturated rings. The van der Waals surface area contributed by atoms with Gasteiger partial charge in [0.05, 0.1) is 22.4 Å². The van der Waals surface area contributed by atoms with Gasteiger partial charge in [-0.1, -0.05) is 141 Å². The van der Waals surface area contributed by atoms with Crippen LogP contribution in [0.15, 0.2) is 182 Å². The van der Waals surface area contributed by atoms with Gasteiger partial charge in [-0.25, -0.2) is 0 Å². The van der Waals surface area contributed by atoms with E-state index in [0.29, 0.717) is 0 Å². The fourth-order valence-corrected chi connectivity index (χ4v) is 8.55. The van der Waals surface area contributed by atoms with Crippen molar-refractivity contribution in [1.82, 2.24) is 4.57 Å². The first-order valence-corrected chi connectivity index (χ1v) is 17.8. The largest absolute Gasteiger partial charge is 0.309 e. The molecule has 1 aromatic heterocycles. The predicted molar refractivity (Wildman–Crippen MR) is 216 cm³/mol. The van der Waals surface area contributed by atoms with Crippen molar-refractivity contribution in [3.63, 3.8) is 0 Å². The lowest BCUT2D eigenvalue weighted by atomic mass is 9.82. The first-order chi connectivity index (χ1) is 25.1. The number of hydrogen-bond acceptors (Lipinski definition) is 1. The Morgan fingerprint density at radius 2 is 1.08 bits per heavy atom. The SMILES string of the molecule is CC1(C)c2ccccc2-c2ccc(N(c3ccccc3-c3ccccc3)c3cccc4c3c3cc5ccccc5cc3n4-c3ccccc3)cc21. The summed E-state index contributed by atoms with van der Waals surface area (Å²) in [5.74, 6) is 0. The first kappa shape index (κ1) is 29.5. The van der Waals surface area contributed by atoms with E-state index in [1.165, 1.54) is 66.0 Å². The summed E-state index contributed by atoms with van der Waals surface area (Å²) in [5, 5.41) is 4.94. The highest BCUT2D eigenvalue weighted by atomic mass is 15.2. The van der Waals surface area contributed by atoms with Gasteiger partial charge in [0, 0.05) is 33.1 Å². The summed E-state index contributed by atoms with van der Waals surface area (Å²) in [6.45, 7) is 4.73. The summed E-state index contributed by atoms with van der Waals surface area (Å²) in [7, 11) is 0. The number of benzene rings is 8. The number of anilines is 3. The zero-order valence-electron chi connectivity index (χ0n) is 28.7. The van der Waals surface area contributed by atoms with Crippen LogP contribution >= 0.6 is 0 Å². The lowest BCUT2D eigenvalue weighted by Gasteiger charge is -2.30. The van der Waals surface area contributed by atoms with E-state index in [-0.39, 0.29) is 5.41 Å². The van der Waals surface area contributed by atoms with Crippen LogP contribution < -0.4 is 4.90 Å². The third-order valence-corrected chi connectivity index (χ3v) is 10.9. The third kappa shape index (κ3) is 4.50. The van der Waals surface area contributed by atoms with Crippen LogP contribution in [0.5, 0.6) is 0 Å². The average Bonchev–Trinajstić information content (AvgIpc) is 3.63. The number of nitrogens with zero attached hydrogens (tertiary/aromatic N) is 2. The monoisotopic (exact) mass is 652 g/mol. The van der Waals surface area contributed by atoms with Gasteiger partial charge >= 0.3 is 0 Å². The van der Waals surface area contributed by atoms with Crippen molar-refractivity contribution in [3.05, 3.63) is 193 Å². The van der Waals surface area contributed by atoms with Crippen molar-refractivity contribution in [2.75, 3.05) is 4.90 Å². The van der Waals surface area contributed by atoms with Gasteiger partial charge in [-0.3, -0.25) is 0 Å². The molecule has 2 nitrogen and oxygen atoms in total. The molecule has 0 unspecified atom stereocenters. The second-order valence-electron chi connectivity index (χ2n) is 14.2. The van der Waals surface area contributed by atoms with E-state index < -0.39 is 0 Å². The normalized spacial score (nSPS) is 13.1. The Kier molecular flexibility index (Phi) is 6.56. The topological polar surface area (TPSA) is 8.17 Å². The summed E-state index contributed by atoms with van der Waals surface area (Å²) >= 11 is 0. The van der Waals surface area contributed by atoms with Crippen LogP contribution in [0.25, 0.3) is 60.5 Å². The van der Waals surface area contributed by atoms with E-state index in [2.05, 4.69) is 205 Å². The van der Waals surface area contributed by atoms with Gasteiger partial charge in [0.15, 0.2) is 0 Å². The molecule has 1 heterocycles. The van der Waals surface area contributed by atoms with Crippen LogP contribution in [0.4, 0.5) is 17.1 Å². The van der Waals surface area contributed by atoms with Gasteiger partial charge < -0.3 is 9.47 Å². The average molecular weight is 653 g/mol. The summed E-state index contributed by atoms with van der Waals surface area (Å²) in [6, 6.07) is 66.7. The fourth-order valence-electron chi connectivity index (χ4n) is 8.55. The van der Waals surface area contributed by atoms with Crippen LogP contribution in [0.2, 0.25) is 0 Å². The minimum atomic E-state index is -0.124. The van der Waals surface area contributed by atoms with Crippen molar-refractivity contribution in [1.29, 1.82) is 0 Å². The number of rotatable bonds is 5. The van der Waals surface area contributed by atoms with Gasteiger partial charge in [-0.2, -0.15) is 0 Å². The second kappa shape index (κ2) is 11.3. The number of fused-ring (bicyclic) bond motifs is 7. The van der Waals surface area contributed by atoms with Crippen molar-refractivity contribution < 1.29 is 0 Å². The molecule has 10 rings (SSSR count). The molecule has 0 saturated heterocycles. The smallest absolute Gasteiger partial charge is 0.0562 e. The zero-order chi connectivity index (χ0) is 34.1. The Labute approximate surface area is 298 Å². The molecule has 1 aliphatic rings. The third-order valence-electron chi connectivity index (χ3n) is 10.9. The molecule has 0 aliphatic heterocycles. The van der Waals surface area contributed by atoms with Crippen LogP contribution in [0.3, 0.4) is 0 Å². The van der Waals surface area contributed by atoms with E-state index in [0.717, 1.165) is 22.7 Å². The van der Waals surface area contributed by atoms with E-state index in [9.17, 15) is 0 Å². The molecule has 8 aromatic carbocycles.